The Hall–Kier alpha value is -2.87. The van der Waals surface area contributed by atoms with E-state index in [1.807, 2.05) is 30.3 Å². The predicted molar refractivity (Wildman–Crippen MR) is 87.4 cm³/mol. The number of hydrogen-bond acceptors (Lipinski definition) is 7. The monoisotopic (exact) mass is 324 g/mol. The van der Waals surface area contributed by atoms with Gasteiger partial charge in [0.2, 0.25) is 5.65 Å². The van der Waals surface area contributed by atoms with Crippen molar-refractivity contribution in [2.45, 2.75) is 25.5 Å². The Morgan fingerprint density at radius 3 is 2.79 bits per heavy atom. The largest absolute Gasteiger partial charge is 0.391 e. The van der Waals surface area contributed by atoms with Gasteiger partial charge < -0.3 is 10.0 Å². The third-order valence-corrected chi connectivity index (χ3v) is 4.22. The molecule has 0 saturated carbocycles. The van der Waals surface area contributed by atoms with Crippen molar-refractivity contribution >= 4 is 22.8 Å². The molecular formula is C16H16N6O2. The number of ketones is 1. The Kier molecular flexibility index (Phi) is 3.46. The number of aliphatic hydroxyl groups excluding tert-OH is 1. The van der Waals surface area contributed by atoms with E-state index >= 15 is 0 Å². The second kappa shape index (κ2) is 5.64. The highest BCUT2D eigenvalue weighted by Gasteiger charge is 2.36. The number of nitrogens with one attached hydrogen (secondary N) is 1. The average molecular weight is 324 g/mol. The summed E-state index contributed by atoms with van der Waals surface area (Å²) in [5.41, 5.74) is 1.78. The van der Waals surface area contributed by atoms with Gasteiger partial charge >= 0.3 is 0 Å². The number of β-amino-alcohol motifs (C(OH)–C–C–N with tert-alkyl or cyclic N) is 1. The van der Waals surface area contributed by atoms with E-state index in [0.29, 0.717) is 35.8 Å². The van der Waals surface area contributed by atoms with Gasteiger partial charge in [-0.2, -0.15) is 10.3 Å². The zero-order valence-electron chi connectivity index (χ0n) is 13.0. The summed E-state index contributed by atoms with van der Waals surface area (Å²) < 4.78 is 0. The number of carbonyl (C=O) groups excluding carboxylic acids is 1. The van der Waals surface area contributed by atoms with Gasteiger partial charge in [-0.25, -0.2) is 9.97 Å². The number of aromatic nitrogens is 5. The van der Waals surface area contributed by atoms with Gasteiger partial charge in [0.1, 0.15) is 0 Å². The minimum atomic E-state index is -0.573. The van der Waals surface area contributed by atoms with Crippen molar-refractivity contribution in [3.63, 3.8) is 0 Å². The van der Waals surface area contributed by atoms with Crippen LogP contribution in [0.1, 0.15) is 13.3 Å². The first-order valence-corrected chi connectivity index (χ1v) is 7.72. The van der Waals surface area contributed by atoms with Crippen LogP contribution in [-0.4, -0.2) is 55.0 Å². The molecule has 1 saturated heterocycles. The molecule has 8 heteroatoms. The van der Waals surface area contributed by atoms with E-state index in [0.717, 1.165) is 5.56 Å². The third kappa shape index (κ3) is 2.41. The van der Waals surface area contributed by atoms with Crippen LogP contribution in [0.2, 0.25) is 0 Å². The van der Waals surface area contributed by atoms with E-state index < -0.39 is 12.1 Å². The minimum absolute atomic E-state index is 0.0110. The number of aliphatic hydroxyl groups is 1. The quantitative estimate of drug-likeness (QED) is 0.738. The lowest BCUT2D eigenvalue weighted by Gasteiger charge is -2.23. The van der Waals surface area contributed by atoms with Gasteiger partial charge in [0, 0.05) is 18.5 Å². The summed E-state index contributed by atoms with van der Waals surface area (Å²) in [4.78, 5) is 22.8. The van der Waals surface area contributed by atoms with Crippen LogP contribution in [0.15, 0.2) is 30.3 Å². The standard InChI is InChI=1S/C16H16N6O2/c1-9(23)12-7-11(24)8-22(12)16-13-15(20-21-19-13)17-14(18-16)10-5-3-2-4-6-10/h2-6,11-12,24H,7-8H2,1H3,(H,17,18,19,20,21)/t11-,12+/m1/s1. The topological polar surface area (TPSA) is 108 Å². The normalized spacial score (nSPS) is 20.7. The molecule has 24 heavy (non-hydrogen) atoms. The van der Waals surface area contributed by atoms with E-state index in [-0.39, 0.29) is 5.78 Å². The summed E-state index contributed by atoms with van der Waals surface area (Å²) in [7, 11) is 0. The fraction of sp³-hybridized carbons (Fsp3) is 0.312. The zero-order chi connectivity index (χ0) is 16.7. The lowest BCUT2D eigenvalue weighted by atomic mass is 10.1. The molecule has 1 aliphatic heterocycles. The molecule has 1 aromatic carbocycles. The maximum absolute atomic E-state index is 12.0. The number of aromatic amines is 1. The Morgan fingerprint density at radius 2 is 2.04 bits per heavy atom. The van der Waals surface area contributed by atoms with Crippen molar-refractivity contribution in [1.29, 1.82) is 0 Å². The van der Waals surface area contributed by atoms with E-state index in [9.17, 15) is 9.90 Å². The first-order chi connectivity index (χ1) is 11.6. The number of anilines is 1. The highest BCUT2D eigenvalue weighted by atomic mass is 16.3. The predicted octanol–water partition coefficient (Wildman–Crippen LogP) is 0.944. The van der Waals surface area contributed by atoms with Crippen molar-refractivity contribution in [2.24, 2.45) is 0 Å². The first-order valence-electron chi connectivity index (χ1n) is 7.72. The van der Waals surface area contributed by atoms with E-state index in [4.69, 9.17) is 0 Å². The average Bonchev–Trinajstić information content (AvgIpc) is 3.21. The fourth-order valence-corrected chi connectivity index (χ4v) is 3.08. The molecular weight excluding hydrogens is 308 g/mol. The number of Topliss-reactive ketones (excluding diaryl/α,β-unsaturated/α-hetero) is 1. The summed E-state index contributed by atoms with van der Waals surface area (Å²) in [6, 6.07) is 9.13. The first kappa shape index (κ1) is 14.7. The molecule has 2 atom stereocenters. The number of benzene rings is 1. The smallest absolute Gasteiger partial charge is 0.207 e. The maximum atomic E-state index is 12.0. The summed E-state index contributed by atoms with van der Waals surface area (Å²) in [5.74, 6) is 1.02. The highest BCUT2D eigenvalue weighted by Crippen LogP contribution is 2.30. The van der Waals surface area contributed by atoms with Gasteiger partial charge in [0.15, 0.2) is 22.9 Å². The number of carbonyl (C=O) groups is 1. The number of fused-ring (bicyclic) bond motifs is 1. The Bertz CT molecular complexity index is 894. The second-order valence-electron chi connectivity index (χ2n) is 5.90. The number of hydrogen-bond donors (Lipinski definition) is 2. The number of H-pyrrole nitrogens is 1. The SMILES string of the molecule is CC(=O)[C@@H]1C[C@@H](O)CN1c1nc(-c2ccccc2)nc2n[nH]nc12. The Balaban J connectivity index is 1.88. The van der Waals surface area contributed by atoms with Crippen LogP contribution in [-0.2, 0) is 4.79 Å². The zero-order valence-corrected chi connectivity index (χ0v) is 13.0. The Morgan fingerprint density at radius 1 is 1.25 bits per heavy atom. The fourth-order valence-electron chi connectivity index (χ4n) is 3.08. The molecule has 3 aromatic rings. The molecule has 2 N–H and O–H groups in total. The van der Waals surface area contributed by atoms with E-state index in [1.54, 1.807) is 4.90 Å². The summed E-state index contributed by atoms with van der Waals surface area (Å²) in [6.07, 6.45) is -0.185. The van der Waals surface area contributed by atoms with Crippen molar-refractivity contribution in [1.82, 2.24) is 25.4 Å². The Labute approximate surface area is 137 Å². The molecule has 0 unspecified atom stereocenters. The third-order valence-electron chi connectivity index (χ3n) is 4.22. The molecule has 2 aromatic heterocycles. The van der Waals surface area contributed by atoms with Crippen LogP contribution in [0, 0.1) is 0 Å². The van der Waals surface area contributed by atoms with Gasteiger partial charge in [0.25, 0.3) is 0 Å². The molecule has 0 radical (unpaired) electrons. The summed E-state index contributed by atoms with van der Waals surface area (Å²) in [6.45, 7) is 1.85. The molecule has 8 nitrogen and oxygen atoms in total. The van der Waals surface area contributed by atoms with Crippen molar-refractivity contribution in [3.05, 3.63) is 30.3 Å². The maximum Gasteiger partial charge on any atom is 0.207 e. The summed E-state index contributed by atoms with van der Waals surface area (Å²) >= 11 is 0. The molecule has 3 heterocycles. The van der Waals surface area contributed by atoms with Crippen molar-refractivity contribution in [2.75, 3.05) is 11.4 Å². The molecule has 0 bridgehead atoms. The lowest BCUT2D eigenvalue weighted by Crippen LogP contribution is -2.35. The van der Waals surface area contributed by atoms with Gasteiger partial charge in [-0.05, 0) is 6.92 Å². The molecule has 4 rings (SSSR count). The van der Waals surface area contributed by atoms with Crippen LogP contribution < -0.4 is 4.90 Å². The van der Waals surface area contributed by atoms with Crippen molar-refractivity contribution < 1.29 is 9.90 Å². The second-order valence-corrected chi connectivity index (χ2v) is 5.90. The molecule has 1 aliphatic rings. The molecule has 122 valence electrons. The van der Waals surface area contributed by atoms with Crippen LogP contribution in [0.3, 0.4) is 0 Å². The van der Waals surface area contributed by atoms with Crippen molar-refractivity contribution in [3.8, 4) is 11.4 Å². The number of nitrogens with zero attached hydrogens (tertiary/aromatic N) is 5. The molecule has 0 aliphatic carbocycles. The van der Waals surface area contributed by atoms with E-state index in [2.05, 4.69) is 25.4 Å². The van der Waals surface area contributed by atoms with E-state index in [1.165, 1.54) is 6.92 Å². The minimum Gasteiger partial charge on any atom is -0.391 e. The molecule has 1 fully saturated rings. The molecule has 0 spiro atoms. The van der Waals surface area contributed by atoms with Gasteiger partial charge in [0.05, 0.1) is 12.1 Å². The van der Waals surface area contributed by atoms with Crippen LogP contribution in [0.4, 0.5) is 5.82 Å². The van der Waals surface area contributed by atoms with Gasteiger partial charge in [-0.15, -0.1) is 5.10 Å². The van der Waals surface area contributed by atoms with Gasteiger partial charge in [-0.1, -0.05) is 30.3 Å². The number of rotatable bonds is 3. The van der Waals surface area contributed by atoms with Crippen LogP contribution in [0.25, 0.3) is 22.6 Å². The van der Waals surface area contributed by atoms with Crippen LogP contribution >= 0.6 is 0 Å². The van der Waals surface area contributed by atoms with Gasteiger partial charge in [-0.3, -0.25) is 4.79 Å². The van der Waals surface area contributed by atoms with Crippen LogP contribution in [0.5, 0.6) is 0 Å². The highest BCUT2D eigenvalue weighted by molar-refractivity contribution is 5.90. The summed E-state index contributed by atoms with van der Waals surface area (Å²) in [5, 5.41) is 20.8. The molecule has 0 amide bonds. The lowest BCUT2D eigenvalue weighted by molar-refractivity contribution is -0.118.